The number of carbonyl (C=O) groups excluding carboxylic acids is 2. The number of ketones is 1. The number of halogens is 1. The van der Waals surface area contributed by atoms with Gasteiger partial charge in [-0.05, 0) is 43.3 Å². The van der Waals surface area contributed by atoms with E-state index in [4.69, 9.17) is 4.42 Å². The van der Waals surface area contributed by atoms with Crippen molar-refractivity contribution in [3.05, 3.63) is 71.7 Å². The minimum Gasteiger partial charge on any atom is -0.457 e. The van der Waals surface area contributed by atoms with Crippen LogP contribution in [0.3, 0.4) is 0 Å². The quantitative estimate of drug-likeness (QED) is 0.495. The van der Waals surface area contributed by atoms with Crippen LogP contribution < -0.4 is 4.90 Å². The summed E-state index contributed by atoms with van der Waals surface area (Å²) in [6.07, 6.45) is 3.18. The number of Topliss-reactive ketones (excluding diaryl/α,β-unsaturated/α-hetero) is 1. The number of anilines is 1. The van der Waals surface area contributed by atoms with Gasteiger partial charge in [0.15, 0.2) is 5.78 Å². The zero-order valence-electron chi connectivity index (χ0n) is 16.1. The number of fused-ring (bicyclic) bond motifs is 1. The number of rotatable bonds is 4. The summed E-state index contributed by atoms with van der Waals surface area (Å²) >= 11 is 0. The average molecular weight is 392 g/mol. The minimum absolute atomic E-state index is 0.0995. The molecule has 5 nitrogen and oxygen atoms in total. The van der Waals surface area contributed by atoms with Crippen LogP contribution in [0.15, 0.2) is 59.0 Å². The van der Waals surface area contributed by atoms with Gasteiger partial charge in [-0.25, -0.2) is 4.39 Å². The molecule has 1 amide bonds. The number of piperazine rings is 1. The lowest BCUT2D eigenvalue weighted by molar-refractivity contribution is -0.126. The van der Waals surface area contributed by atoms with E-state index in [0.717, 1.165) is 11.0 Å². The zero-order valence-corrected chi connectivity index (χ0v) is 16.1. The van der Waals surface area contributed by atoms with E-state index in [9.17, 15) is 14.0 Å². The van der Waals surface area contributed by atoms with Crippen molar-refractivity contribution in [1.29, 1.82) is 0 Å². The number of nitrogens with zero attached hydrogens (tertiary/aromatic N) is 2. The van der Waals surface area contributed by atoms with Crippen molar-refractivity contribution in [3.8, 4) is 0 Å². The first-order valence-electron chi connectivity index (χ1n) is 9.52. The van der Waals surface area contributed by atoms with Gasteiger partial charge >= 0.3 is 0 Å². The number of para-hydroxylation sites is 1. The Morgan fingerprint density at radius 2 is 1.79 bits per heavy atom. The second-order valence-electron chi connectivity index (χ2n) is 7.05. The third-order valence-corrected chi connectivity index (χ3v) is 5.12. The topological polar surface area (TPSA) is 53.8 Å². The molecule has 148 valence electrons. The van der Waals surface area contributed by atoms with E-state index in [1.165, 1.54) is 19.1 Å². The Hall–Kier alpha value is -3.41. The molecule has 29 heavy (non-hydrogen) atoms. The molecule has 1 aliphatic rings. The maximum absolute atomic E-state index is 14.4. The van der Waals surface area contributed by atoms with Crippen molar-refractivity contribution in [2.75, 3.05) is 31.1 Å². The Bertz CT molecular complexity index is 1060. The fourth-order valence-electron chi connectivity index (χ4n) is 3.49. The summed E-state index contributed by atoms with van der Waals surface area (Å²) in [5.41, 5.74) is 1.60. The second-order valence-corrected chi connectivity index (χ2v) is 7.05. The van der Waals surface area contributed by atoms with Gasteiger partial charge < -0.3 is 14.2 Å². The van der Waals surface area contributed by atoms with Crippen LogP contribution in [0.2, 0.25) is 0 Å². The van der Waals surface area contributed by atoms with Crippen molar-refractivity contribution in [2.45, 2.75) is 6.92 Å². The summed E-state index contributed by atoms with van der Waals surface area (Å²) in [5.74, 6) is -0.0484. The van der Waals surface area contributed by atoms with Crippen LogP contribution >= 0.6 is 0 Å². The number of hydrogen-bond donors (Lipinski definition) is 0. The third kappa shape index (κ3) is 4.06. The maximum Gasteiger partial charge on any atom is 0.246 e. The Morgan fingerprint density at radius 3 is 2.48 bits per heavy atom. The Kier molecular flexibility index (Phi) is 5.16. The molecule has 6 heteroatoms. The summed E-state index contributed by atoms with van der Waals surface area (Å²) in [7, 11) is 0. The van der Waals surface area contributed by atoms with Crippen molar-refractivity contribution < 1.29 is 18.4 Å². The smallest absolute Gasteiger partial charge is 0.246 e. The van der Waals surface area contributed by atoms with Crippen LogP contribution in [0.1, 0.15) is 23.0 Å². The molecule has 3 aromatic rings. The van der Waals surface area contributed by atoms with Crippen molar-refractivity contribution >= 4 is 34.4 Å². The van der Waals surface area contributed by atoms with Gasteiger partial charge in [-0.2, -0.15) is 0 Å². The Balaban J connectivity index is 1.37. The summed E-state index contributed by atoms with van der Waals surface area (Å²) in [6.45, 7) is 3.47. The van der Waals surface area contributed by atoms with E-state index in [1.54, 1.807) is 23.1 Å². The van der Waals surface area contributed by atoms with E-state index >= 15 is 0 Å². The molecule has 1 saturated heterocycles. The van der Waals surface area contributed by atoms with E-state index in [0.29, 0.717) is 43.2 Å². The molecule has 0 N–H and O–H groups in total. The third-order valence-electron chi connectivity index (χ3n) is 5.12. The van der Waals surface area contributed by atoms with Gasteiger partial charge in [0.25, 0.3) is 0 Å². The van der Waals surface area contributed by atoms with E-state index in [1.807, 2.05) is 35.2 Å². The van der Waals surface area contributed by atoms with Gasteiger partial charge in [0.1, 0.15) is 17.2 Å². The molecule has 0 atom stereocenters. The van der Waals surface area contributed by atoms with E-state index < -0.39 is 5.82 Å². The number of benzene rings is 2. The van der Waals surface area contributed by atoms with Gasteiger partial charge in [0, 0.05) is 43.2 Å². The highest BCUT2D eigenvalue weighted by Gasteiger charge is 2.22. The Morgan fingerprint density at radius 1 is 1.03 bits per heavy atom. The first-order chi connectivity index (χ1) is 14.0. The van der Waals surface area contributed by atoms with Gasteiger partial charge in [0.2, 0.25) is 5.91 Å². The predicted octanol–water partition coefficient (Wildman–Crippen LogP) is 4.14. The second kappa shape index (κ2) is 7.91. The van der Waals surface area contributed by atoms with E-state index in [2.05, 4.69) is 0 Å². The van der Waals surface area contributed by atoms with Crippen molar-refractivity contribution in [3.63, 3.8) is 0 Å². The lowest BCUT2D eigenvalue weighted by Gasteiger charge is -2.35. The maximum atomic E-state index is 14.4. The number of amides is 1. The van der Waals surface area contributed by atoms with Crippen molar-refractivity contribution in [1.82, 2.24) is 4.90 Å². The molecule has 0 spiro atoms. The van der Waals surface area contributed by atoms with Crippen LogP contribution in [0.25, 0.3) is 17.0 Å². The molecule has 0 saturated carbocycles. The fourth-order valence-corrected chi connectivity index (χ4v) is 3.49. The first kappa shape index (κ1) is 18.9. The predicted molar refractivity (Wildman–Crippen MR) is 110 cm³/mol. The molecule has 0 bridgehead atoms. The highest BCUT2D eigenvalue weighted by atomic mass is 19.1. The monoisotopic (exact) mass is 392 g/mol. The molecule has 1 fully saturated rings. The molecule has 0 unspecified atom stereocenters. The highest BCUT2D eigenvalue weighted by molar-refractivity contribution is 5.94. The van der Waals surface area contributed by atoms with Gasteiger partial charge in [-0.15, -0.1) is 0 Å². The first-order valence-corrected chi connectivity index (χ1v) is 9.52. The van der Waals surface area contributed by atoms with Crippen LogP contribution in [0.4, 0.5) is 10.1 Å². The van der Waals surface area contributed by atoms with Gasteiger partial charge in [-0.3, -0.25) is 9.59 Å². The summed E-state index contributed by atoms with van der Waals surface area (Å²) in [6, 6.07) is 14.1. The molecule has 2 heterocycles. The molecule has 2 aromatic carbocycles. The number of carbonyl (C=O) groups is 2. The zero-order chi connectivity index (χ0) is 20.4. The summed E-state index contributed by atoms with van der Waals surface area (Å²) in [5, 5.41) is 0.992. The van der Waals surface area contributed by atoms with Crippen molar-refractivity contribution in [2.24, 2.45) is 0 Å². The molecule has 1 aliphatic heterocycles. The fraction of sp³-hybridized carbons (Fsp3) is 0.217. The number of furan rings is 1. The SMILES string of the molecule is CC(=O)c1ccc(N2CCN(C(=O)/C=C/c3cc4ccccc4o3)CC2)c(F)c1. The lowest BCUT2D eigenvalue weighted by Crippen LogP contribution is -2.48. The van der Waals surface area contributed by atoms with Gasteiger partial charge in [-0.1, -0.05) is 18.2 Å². The normalized spacial score (nSPS) is 14.7. The average Bonchev–Trinajstić information content (AvgIpc) is 3.15. The molecular formula is C23H21FN2O3. The van der Waals surface area contributed by atoms with Crippen LogP contribution in [-0.4, -0.2) is 42.8 Å². The standard InChI is InChI=1S/C23H21FN2O3/c1-16(27)17-6-8-21(20(24)15-17)25-10-12-26(13-11-25)23(28)9-7-19-14-18-4-2-3-5-22(18)29-19/h2-9,14-15H,10-13H2,1H3/b9-7+. The largest absolute Gasteiger partial charge is 0.457 e. The lowest BCUT2D eigenvalue weighted by atomic mass is 10.1. The molecule has 1 aromatic heterocycles. The molecule has 0 aliphatic carbocycles. The molecular weight excluding hydrogens is 371 g/mol. The van der Waals surface area contributed by atoms with E-state index in [-0.39, 0.29) is 11.7 Å². The van der Waals surface area contributed by atoms with Crippen LogP contribution in [-0.2, 0) is 4.79 Å². The summed E-state index contributed by atoms with van der Waals surface area (Å²) < 4.78 is 20.0. The van der Waals surface area contributed by atoms with Crippen LogP contribution in [0, 0.1) is 5.82 Å². The molecule has 0 radical (unpaired) electrons. The Labute approximate surface area is 168 Å². The minimum atomic E-state index is -0.415. The highest BCUT2D eigenvalue weighted by Crippen LogP contribution is 2.23. The van der Waals surface area contributed by atoms with Crippen LogP contribution in [0.5, 0.6) is 0 Å². The molecule has 4 rings (SSSR count). The summed E-state index contributed by atoms with van der Waals surface area (Å²) in [4.78, 5) is 27.5. The van der Waals surface area contributed by atoms with Gasteiger partial charge in [0.05, 0.1) is 5.69 Å². The number of hydrogen-bond acceptors (Lipinski definition) is 4.